The first kappa shape index (κ1) is 13.5. The molecule has 2 aromatic carbocycles. The topological polar surface area (TPSA) is 52.6 Å². The minimum atomic E-state index is -0.528. The number of hydrogen-bond donors (Lipinski definition) is 0. The SMILES string of the molecule is C=COC(=O)c1ccc(C(=O)OC=C)c2ccccc12. The maximum absolute atomic E-state index is 11.8. The van der Waals surface area contributed by atoms with E-state index in [4.69, 9.17) is 9.47 Å². The van der Waals surface area contributed by atoms with Crippen LogP contribution in [0.15, 0.2) is 62.1 Å². The van der Waals surface area contributed by atoms with E-state index in [1.54, 1.807) is 24.3 Å². The van der Waals surface area contributed by atoms with Crippen molar-refractivity contribution in [1.82, 2.24) is 0 Å². The first-order chi connectivity index (χ1) is 9.69. The molecule has 0 aliphatic carbocycles. The van der Waals surface area contributed by atoms with E-state index in [-0.39, 0.29) is 0 Å². The van der Waals surface area contributed by atoms with E-state index in [2.05, 4.69) is 13.2 Å². The summed E-state index contributed by atoms with van der Waals surface area (Å²) in [4.78, 5) is 23.7. The number of esters is 2. The first-order valence-corrected chi connectivity index (χ1v) is 5.84. The van der Waals surface area contributed by atoms with Crippen LogP contribution in [0.2, 0.25) is 0 Å². The van der Waals surface area contributed by atoms with Gasteiger partial charge in [0.2, 0.25) is 0 Å². The van der Waals surface area contributed by atoms with Gasteiger partial charge in [-0.2, -0.15) is 0 Å². The summed E-state index contributed by atoms with van der Waals surface area (Å²) < 4.78 is 9.55. The van der Waals surface area contributed by atoms with E-state index in [1.807, 2.05) is 0 Å². The van der Waals surface area contributed by atoms with Gasteiger partial charge in [0, 0.05) is 0 Å². The standard InChI is InChI=1S/C16H12O4/c1-3-19-15(17)13-9-10-14(16(18)20-4-2)12-8-6-5-7-11(12)13/h3-10H,1-2H2. The van der Waals surface area contributed by atoms with Crippen LogP contribution in [0.1, 0.15) is 20.7 Å². The third-order valence-electron chi connectivity index (χ3n) is 2.74. The second-order valence-corrected chi connectivity index (χ2v) is 3.85. The fourth-order valence-electron chi connectivity index (χ4n) is 1.93. The summed E-state index contributed by atoms with van der Waals surface area (Å²) in [6, 6.07) is 10.1. The van der Waals surface area contributed by atoms with Gasteiger partial charge in [-0.1, -0.05) is 37.4 Å². The molecule has 0 amide bonds. The third kappa shape index (κ3) is 2.44. The van der Waals surface area contributed by atoms with Crippen molar-refractivity contribution >= 4 is 22.7 Å². The molecular weight excluding hydrogens is 256 g/mol. The van der Waals surface area contributed by atoms with Crippen molar-refractivity contribution in [3.63, 3.8) is 0 Å². The molecule has 2 rings (SSSR count). The van der Waals surface area contributed by atoms with E-state index in [1.165, 1.54) is 12.1 Å². The van der Waals surface area contributed by atoms with Crippen LogP contribution in [0.4, 0.5) is 0 Å². The number of hydrogen-bond acceptors (Lipinski definition) is 4. The zero-order valence-electron chi connectivity index (χ0n) is 10.7. The minimum Gasteiger partial charge on any atom is -0.432 e. The molecule has 0 aromatic heterocycles. The molecule has 0 bridgehead atoms. The van der Waals surface area contributed by atoms with Crippen LogP contribution in [0.5, 0.6) is 0 Å². The predicted octanol–water partition coefficient (Wildman–Crippen LogP) is 3.44. The summed E-state index contributed by atoms with van der Waals surface area (Å²) in [7, 11) is 0. The Morgan fingerprint density at radius 1 is 0.800 bits per heavy atom. The predicted molar refractivity (Wildman–Crippen MR) is 75.2 cm³/mol. The van der Waals surface area contributed by atoms with E-state index < -0.39 is 11.9 Å². The molecule has 0 fully saturated rings. The largest absolute Gasteiger partial charge is 0.432 e. The lowest BCUT2D eigenvalue weighted by Crippen LogP contribution is -2.06. The van der Waals surface area contributed by atoms with Gasteiger partial charge in [0.1, 0.15) is 0 Å². The fourth-order valence-corrected chi connectivity index (χ4v) is 1.93. The molecule has 100 valence electrons. The third-order valence-corrected chi connectivity index (χ3v) is 2.74. The summed E-state index contributed by atoms with van der Waals surface area (Å²) in [6.07, 6.45) is 2.13. The van der Waals surface area contributed by atoms with Gasteiger partial charge in [0.25, 0.3) is 0 Å². The highest BCUT2D eigenvalue weighted by molar-refractivity contribution is 6.11. The molecule has 0 aliphatic heterocycles. The summed E-state index contributed by atoms with van der Waals surface area (Å²) in [5, 5.41) is 1.22. The highest BCUT2D eigenvalue weighted by atomic mass is 16.5. The lowest BCUT2D eigenvalue weighted by atomic mass is 9.99. The Labute approximate surface area is 115 Å². The van der Waals surface area contributed by atoms with Gasteiger partial charge in [-0.15, -0.1) is 0 Å². The van der Waals surface area contributed by atoms with Crippen molar-refractivity contribution in [1.29, 1.82) is 0 Å². The summed E-state index contributed by atoms with van der Waals surface area (Å²) >= 11 is 0. The van der Waals surface area contributed by atoms with E-state index in [0.717, 1.165) is 12.5 Å². The van der Waals surface area contributed by atoms with Gasteiger partial charge in [-0.3, -0.25) is 0 Å². The van der Waals surface area contributed by atoms with Gasteiger partial charge in [0.05, 0.1) is 23.7 Å². The van der Waals surface area contributed by atoms with Crippen molar-refractivity contribution in [2.45, 2.75) is 0 Å². The molecule has 0 N–H and O–H groups in total. The van der Waals surface area contributed by atoms with Crippen molar-refractivity contribution in [2.24, 2.45) is 0 Å². The van der Waals surface area contributed by atoms with E-state index in [0.29, 0.717) is 21.9 Å². The van der Waals surface area contributed by atoms with Crippen molar-refractivity contribution in [3.05, 3.63) is 73.2 Å². The van der Waals surface area contributed by atoms with Gasteiger partial charge < -0.3 is 9.47 Å². The zero-order chi connectivity index (χ0) is 14.5. The number of carbonyl (C=O) groups excluding carboxylic acids is 2. The van der Waals surface area contributed by atoms with Gasteiger partial charge in [-0.25, -0.2) is 9.59 Å². The van der Waals surface area contributed by atoms with E-state index >= 15 is 0 Å². The Bertz CT molecular complexity index is 640. The van der Waals surface area contributed by atoms with Gasteiger partial charge >= 0.3 is 11.9 Å². The van der Waals surface area contributed by atoms with Crippen molar-refractivity contribution in [3.8, 4) is 0 Å². The first-order valence-electron chi connectivity index (χ1n) is 5.84. The molecule has 4 nitrogen and oxygen atoms in total. The van der Waals surface area contributed by atoms with Crippen LogP contribution >= 0.6 is 0 Å². The molecule has 0 atom stereocenters. The molecule has 2 aromatic rings. The molecule has 0 saturated heterocycles. The molecule has 4 heteroatoms. The van der Waals surface area contributed by atoms with Gasteiger partial charge in [-0.05, 0) is 22.9 Å². The smallest absolute Gasteiger partial charge is 0.343 e. The molecular formula is C16H12O4. The molecule has 0 saturated carbocycles. The molecule has 0 heterocycles. The van der Waals surface area contributed by atoms with Crippen LogP contribution in [-0.2, 0) is 9.47 Å². The Kier molecular flexibility index (Phi) is 3.96. The minimum absolute atomic E-state index is 0.357. The number of ether oxygens (including phenoxy) is 2. The molecule has 0 aliphatic rings. The second kappa shape index (κ2) is 5.84. The van der Waals surface area contributed by atoms with Crippen LogP contribution < -0.4 is 0 Å². The maximum atomic E-state index is 11.8. The number of fused-ring (bicyclic) bond motifs is 1. The number of carbonyl (C=O) groups is 2. The lowest BCUT2D eigenvalue weighted by molar-refractivity contribution is 0.0653. The highest BCUT2D eigenvalue weighted by Gasteiger charge is 2.16. The Balaban J connectivity index is 2.63. The average Bonchev–Trinajstić information content (AvgIpc) is 2.46. The molecule has 0 spiro atoms. The quantitative estimate of drug-likeness (QED) is 0.629. The Morgan fingerprint density at radius 3 is 1.55 bits per heavy atom. The maximum Gasteiger partial charge on any atom is 0.343 e. The van der Waals surface area contributed by atoms with Crippen LogP contribution in [0.25, 0.3) is 10.8 Å². The molecule has 20 heavy (non-hydrogen) atoms. The van der Waals surface area contributed by atoms with Crippen LogP contribution in [0.3, 0.4) is 0 Å². The summed E-state index contributed by atoms with van der Waals surface area (Å²) in [6.45, 7) is 6.70. The lowest BCUT2D eigenvalue weighted by Gasteiger charge is -2.08. The zero-order valence-corrected chi connectivity index (χ0v) is 10.7. The fraction of sp³-hybridized carbons (Fsp3) is 0. The Hall–Kier alpha value is -2.88. The van der Waals surface area contributed by atoms with Crippen LogP contribution in [0, 0.1) is 0 Å². The normalized spacial score (nSPS) is 9.80. The second-order valence-electron chi connectivity index (χ2n) is 3.85. The summed E-state index contributed by atoms with van der Waals surface area (Å²) in [5.41, 5.74) is 0.714. The molecule has 0 unspecified atom stereocenters. The van der Waals surface area contributed by atoms with E-state index in [9.17, 15) is 9.59 Å². The molecule has 0 radical (unpaired) electrons. The number of benzene rings is 2. The highest BCUT2D eigenvalue weighted by Crippen LogP contribution is 2.24. The van der Waals surface area contributed by atoms with Gasteiger partial charge in [0.15, 0.2) is 0 Å². The summed E-state index contributed by atoms with van der Waals surface area (Å²) in [5.74, 6) is -1.06. The van der Waals surface area contributed by atoms with Crippen molar-refractivity contribution in [2.75, 3.05) is 0 Å². The average molecular weight is 268 g/mol. The monoisotopic (exact) mass is 268 g/mol. The number of rotatable bonds is 4. The Morgan fingerprint density at radius 2 is 1.20 bits per heavy atom. The van der Waals surface area contributed by atoms with Crippen LogP contribution in [-0.4, -0.2) is 11.9 Å². The van der Waals surface area contributed by atoms with Crippen molar-refractivity contribution < 1.29 is 19.1 Å².